The molecule has 2 atom stereocenters. The van der Waals surface area contributed by atoms with Gasteiger partial charge in [0.25, 0.3) is 11.6 Å². The van der Waals surface area contributed by atoms with Crippen LogP contribution in [0.5, 0.6) is 5.75 Å². The molecule has 138 valence electrons. The summed E-state index contributed by atoms with van der Waals surface area (Å²) in [6.45, 7) is 1.35. The average Bonchev–Trinajstić information content (AvgIpc) is 2.89. The van der Waals surface area contributed by atoms with E-state index >= 15 is 0 Å². The van der Waals surface area contributed by atoms with E-state index in [2.05, 4.69) is 5.32 Å². The first-order chi connectivity index (χ1) is 12.5. The predicted octanol–water partition coefficient (Wildman–Crippen LogP) is 0.673. The Balaban J connectivity index is 1.60. The van der Waals surface area contributed by atoms with E-state index in [4.69, 9.17) is 4.74 Å². The Kier molecular flexibility index (Phi) is 4.23. The van der Waals surface area contributed by atoms with Crippen molar-refractivity contribution in [1.29, 1.82) is 0 Å². The van der Waals surface area contributed by atoms with Crippen molar-refractivity contribution in [2.45, 2.75) is 31.3 Å². The van der Waals surface area contributed by atoms with Gasteiger partial charge in [0, 0.05) is 30.8 Å². The van der Waals surface area contributed by atoms with Crippen LogP contribution in [0.2, 0.25) is 0 Å². The van der Waals surface area contributed by atoms with Crippen LogP contribution in [-0.2, 0) is 9.59 Å². The number of non-ortho nitro benzene ring substituents is 1. The minimum absolute atomic E-state index is 0.117. The molecule has 0 saturated carbocycles. The van der Waals surface area contributed by atoms with Gasteiger partial charge < -0.3 is 15.0 Å². The Morgan fingerprint density at radius 1 is 1.31 bits per heavy atom. The van der Waals surface area contributed by atoms with E-state index in [9.17, 15) is 19.7 Å². The molecular formula is C17H20N4O5. The summed E-state index contributed by atoms with van der Waals surface area (Å²) in [6, 6.07) is 4.43. The number of rotatable bonds is 3. The number of amides is 2. The maximum Gasteiger partial charge on any atom is 0.271 e. The van der Waals surface area contributed by atoms with Crippen molar-refractivity contribution in [1.82, 2.24) is 10.2 Å². The fourth-order valence-corrected chi connectivity index (χ4v) is 4.08. The highest BCUT2D eigenvalue weighted by Gasteiger charge is 2.39. The van der Waals surface area contributed by atoms with Crippen molar-refractivity contribution in [3.8, 4) is 5.75 Å². The standard InChI is InChI=1S/C17H20N4O5/c22-16(20-11-1-2-13(20)8-18-6-5-11)9-19-14-7-12(21(24)25)3-4-15(14)26-10-17(19)23/h3-4,7,11,13,18H,1-2,5-6,8-10H2. The van der Waals surface area contributed by atoms with Crippen molar-refractivity contribution < 1.29 is 19.2 Å². The number of nitro benzene ring substituents is 1. The monoisotopic (exact) mass is 360 g/mol. The lowest BCUT2D eigenvalue weighted by molar-refractivity contribution is -0.384. The molecule has 9 heteroatoms. The first-order valence-electron chi connectivity index (χ1n) is 8.78. The molecule has 0 aliphatic carbocycles. The molecule has 1 aromatic carbocycles. The number of nitro groups is 1. The highest BCUT2D eigenvalue weighted by Crippen LogP contribution is 2.36. The van der Waals surface area contributed by atoms with Crippen molar-refractivity contribution >= 4 is 23.2 Å². The number of fused-ring (bicyclic) bond motifs is 3. The molecule has 3 aliphatic rings. The zero-order chi connectivity index (χ0) is 18.3. The number of ether oxygens (including phenoxy) is 1. The molecule has 0 aromatic heterocycles. The molecular weight excluding hydrogens is 340 g/mol. The molecule has 26 heavy (non-hydrogen) atoms. The van der Waals surface area contributed by atoms with Crippen LogP contribution >= 0.6 is 0 Å². The van der Waals surface area contributed by atoms with Crippen LogP contribution < -0.4 is 15.0 Å². The first-order valence-corrected chi connectivity index (χ1v) is 8.78. The van der Waals surface area contributed by atoms with E-state index in [1.165, 1.54) is 23.1 Å². The van der Waals surface area contributed by atoms with Crippen LogP contribution in [0.15, 0.2) is 18.2 Å². The quantitative estimate of drug-likeness (QED) is 0.628. The van der Waals surface area contributed by atoms with Gasteiger partial charge in [0.1, 0.15) is 12.3 Å². The maximum atomic E-state index is 13.0. The van der Waals surface area contributed by atoms with Crippen LogP contribution in [0, 0.1) is 10.1 Å². The van der Waals surface area contributed by atoms with Crippen LogP contribution in [0.4, 0.5) is 11.4 Å². The minimum atomic E-state index is -0.528. The Morgan fingerprint density at radius 2 is 2.12 bits per heavy atom. The second-order valence-electron chi connectivity index (χ2n) is 6.86. The molecule has 2 saturated heterocycles. The van der Waals surface area contributed by atoms with Gasteiger partial charge in [-0.3, -0.25) is 24.6 Å². The predicted molar refractivity (Wildman–Crippen MR) is 92.1 cm³/mol. The smallest absolute Gasteiger partial charge is 0.271 e. The fourth-order valence-electron chi connectivity index (χ4n) is 4.08. The Morgan fingerprint density at radius 3 is 2.92 bits per heavy atom. The van der Waals surface area contributed by atoms with E-state index in [1.807, 2.05) is 4.90 Å². The van der Waals surface area contributed by atoms with Gasteiger partial charge in [-0.1, -0.05) is 0 Å². The van der Waals surface area contributed by atoms with E-state index in [1.54, 1.807) is 0 Å². The number of carbonyl (C=O) groups is 2. The highest BCUT2D eigenvalue weighted by atomic mass is 16.6. The van der Waals surface area contributed by atoms with E-state index in [-0.39, 0.29) is 48.4 Å². The molecule has 4 rings (SSSR count). The summed E-state index contributed by atoms with van der Waals surface area (Å²) in [7, 11) is 0. The molecule has 0 spiro atoms. The second-order valence-corrected chi connectivity index (χ2v) is 6.86. The summed E-state index contributed by atoms with van der Waals surface area (Å²) in [5.41, 5.74) is 0.141. The van der Waals surface area contributed by atoms with Crippen molar-refractivity contribution in [3.63, 3.8) is 0 Å². The summed E-state index contributed by atoms with van der Waals surface area (Å²) in [5.74, 6) is -0.107. The first kappa shape index (κ1) is 16.8. The summed E-state index contributed by atoms with van der Waals surface area (Å²) < 4.78 is 5.35. The van der Waals surface area contributed by atoms with Crippen LogP contribution in [-0.4, -0.2) is 60.0 Å². The summed E-state index contributed by atoms with van der Waals surface area (Å²) in [6.07, 6.45) is 2.85. The second kappa shape index (κ2) is 6.56. The van der Waals surface area contributed by atoms with Crippen LogP contribution in [0.25, 0.3) is 0 Å². The third-order valence-corrected chi connectivity index (χ3v) is 5.33. The molecule has 2 unspecified atom stereocenters. The Hall–Kier alpha value is -2.68. The molecule has 9 nitrogen and oxygen atoms in total. The number of hydrogen-bond acceptors (Lipinski definition) is 6. The fraction of sp³-hybridized carbons (Fsp3) is 0.529. The van der Waals surface area contributed by atoms with Gasteiger partial charge >= 0.3 is 0 Å². The largest absolute Gasteiger partial charge is 0.482 e. The summed E-state index contributed by atoms with van der Waals surface area (Å²) in [4.78, 5) is 39.1. The number of anilines is 1. The Labute approximate surface area is 150 Å². The molecule has 2 fully saturated rings. The maximum absolute atomic E-state index is 13.0. The zero-order valence-electron chi connectivity index (χ0n) is 14.2. The average molecular weight is 360 g/mol. The SMILES string of the molecule is O=C1COc2ccc([N+](=O)[O-])cc2N1CC(=O)N1C2CCNCC1CC2. The van der Waals surface area contributed by atoms with Gasteiger partial charge in [-0.15, -0.1) is 0 Å². The molecule has 1 N–H and O–H groups in total. The van der Waals surface area contributed by atoms with Crippen LogP contribution in [0.1, 0.15) is 19.3 Å². The zero-order valence-corrected chi connectivity index (χ0v) is 14.2. The Bertz CT molecular complexity index is 754. The van der Waals surface area contributed by atoms with Crippen LogP contribution in [0.3, 0.4) is 0 Å². The van der Waals surface area contributed by atoms with Crippen molar-refractivity contribution in [2.75, 3.05) is 31.1 Å². The molecule has 2 amide bonds. The third-order valence-electron chi connectivity index (χ3n) is 5.33. The van der Waals surface area contributed by atoms with Gasteiger partial charge in [-0.05, 0) is 31.9 Å². The van der Waals surface area contributed by atoms with Crippen molar-refractivity contribution in [2.24, 2.45) is 0 Å². The van der Waals surface area contributed by atoms with E-state index in [0.29, 0.717) is 5.75 Å². The topological polar surface area (TPSA) is 105 Å². The summed E-state index contributed by atoms with van der Waals surface area (Å²) in [5, 5.41) is 14.4. The molecule has 1 aromatic rings. The number of carbonyl (C=O) groups excluding carboxylic acids is 2. The van der Waals surface area contributed by atoms with Gasteiger partial charge in [0.15, 0.2) is 6.61 Å². The van der Waals surface area contributed by atoms with E-state index in [0.717, 1.165) is 32.4 Å². The lowest BCUT2D eigenvalue weighted by atomic mass is 10.1. The minimum Gasteiger partial charge on any atom is -0.482 e. The molecule has 2 bridgehead atoms. The number of nitrogens with one attached hydrogen (secondary N) is 1. The van der Waals surface area contributed by atoms with Crippen molar-refractivity contribution in [3.05, 3.63) is 28.3 Å². The molecule has 3 aliphatic heterocycles. The van der Waals surface area contributed by atoms with Gasteiger partial charge in [0.2, 0.25) is 5.91 Å². The lowest BCUT2D eigenvalue weighted by Gasteiger charge is -2.33. The molecule has 0 radical (unpaired) electrons. The van der Waals surface area contributed by atoms with Gasteiger partial charge in [-0.25, -0.2) is 0 Å². The van der Waals surface area contributed by atoms with Gasteiger partial charge in [-0.2, -0.15) is 0 Å². The normalized spacial score (nSPS) is 24.7. The highest BCUT2D eigenvalue weighted by molar-refractivity contribution is 6.02. The number of hydrogen-bond donors (Lipinski definition) is 1. The number of benzene rings is 1. The van der Waals surface area contributed by atoms with E-state index < -0.39 is 4.92 Å². The summed E-state index contributed by atoms with van der Waals surface area (Å²) >= 11 is 0. The van der Waals surface area contributed by atoms with Gasteiger partial charge in [0.05, 0.1) is 10.6 Å². The third kappa shape index (κ3) is 2.88. The number of nitrogens with zero attached hydrogens (tertiary/aromatic N) is 3. The lowest BCUT2D eigenvalue weighted by Crippen LogP contribution is -2.50. The molecule has 3 heterocycles.